The molecule has 3 heterocycles. The van der Waals surface area contributed by atoms with Crippen LogP contribution in [0.5, 0.6) is 5.75 Å². The zero-order chi connectivity index (χ0) is 24.8. The third-order valence-electron chi connectivity index (χ3n) is 5.77. The number of aliphatic hydroxyl groups excluding tert-OH is 1. The van der Waals surface area contributed by atoms with Gasteiger partial charge in [-0.25, -0.2) is 4.98 Å². The molecule has 8 nitrogen and oxygen atoms in total. The number of likely N-dealkylation sites (tertiary alicyclic amines) is 1. The van der Waals surface area contributed by atoms with Crippen molar-refractivity contribution in [3.8, 4) is 5.75 Å². The number of halogens is 5. The number of pyridine rings is 1. The van der Waals surface area contributed by atoms with Gasteiger partial charge in [-0.2, -0.15) is 0 Å². The number of aryl methyl sites for hydroxylation is 2. The lowest BCUT2D eigenvalue weighted by atomic mass is 10.1. The molecule has 3 aromatic rings. The third kappa shape index (κ3) is 10.7. The van der Waals surface area contributed by atoms with Crippen LogP contribution in [-0.4, -0.2) is 68.0 Å². The van der Waals surface area contributed by atoms with E-state index in [9.17, 15) is 5.11 Å². The number of benzene rings is 1. The molecule has 0 unspecified atom stereocenters. The molecule has 0 amide bonds. The highest BCUT2D eigenvalue weighted by atomic mass is 35.5. The molecule has 4 rings (SSSR count). The molecular formula is C25H41Cl5N6O2. The number of hydrogen-bond acceptors (Lipinski definition) is 7. The molecule has 38 heavy (non-hydrogen) atoms. The average molecular weight is 635 g/mol. The van der Waals surface area contributed by atoms with Gasteiger partial charge >= 0.3 is 0 Å². The van der Waals surface area contributed by atoms with Crippen LogP contribution in [0.1, 0.15) is 43.6 Å². The van der Waals surface area contributed by atoms with Gasteiger partial charge < -0.3 is 30.7 Å². The molecule has 0 saturated carbocycles. The Bertz CT molecular complexity index is 1100. The summed E-state index contributed by atoms with van der Waals surface area (Å²) in [5.41, 5.74) is 10.1. The highest BCUT2D eigenvalue weighted by molar-refractivity contribution is 6.31. The number of aromatic hydroxyl groups is 1. The van der Waals surface area contributed by atoms with Crippen molar-refractivity contribution in [3.05, 3.63) is 46.2 Å². The lowest BCUT2D eigenvalue weighted by Gasteiger charge is -2.32. The number of hydrogen-bond donors (Lipinski definition) is 4. The summed E-state index contributed by atoms with van der Waals surface area (Å²) in [6.07, 6.45) is 1.91. The Labute approximate surface area is 255 Å². The van der Waals surface area contributed by atoms with Gasteiger partial charge in [0.15, 0.2) is 0 Å². The number of aliphatic hydroxyl groups is 1. The van der Waals surface area contributed by atoms with Crippen LogP contribution in [-0.2, 0) is 6.54 Å². The molecule has 0 aliphatic carbocycles. The first-order valence-corrected chi connectivity index (χ1v) is 12.2. The van der Waals surface area contributed by atoms with Crippen molar-refractivity contribution in [2.45, 2.75) is 59.2 Å². The minimum absolute atomic E-state index is 0. The van der Waals surface area contributed by atoms with E-state index in [0.29, 0.717) is 29.8 Å². The van der Waals surface area contributed by atoms with Gasteiger partial charge in [0.25, 0.3) is 0 Å². The number of nitrogens with two attached hydrogens (primary N) is 1. The summed E-state index contributed by atoms with van der Waals surface area (Å²) in [6.45, 7) is 11.5. The molecule has 1 saturated heterocycles. The number of nitrogens with one attached hydrogen (secondary N) is 1. The Morgan fingerprint density at radius 1 is 1.08 bits per heavy atom. The number of imidazole rings is 1. The Morgan fingerprint density at radius 3 is 2.26 bits per heavy atom. The van der Waals surface area contributed by atoms with E-state index in [-0.39, 0.29) is 61.5 Å². The number of fused-ring (bicyclic) bond motifs is 1. The summed E-state index contributed by atoms with van der Waals surface area (Å²) < 4.78 is 2.07. The fourth-order valence-electron chi connectivity index (χ4n) is 4.15. The van der Waals surface area contributed by atoms with Crippen LogP contribution in [0, 0.1) is 13.8 Å². The van der Waals surface area contributed by atoms with Crippen LogP contribution in [0.3, 0.4) is 0 Å². The molecule has 218 valence electrons. The van der Waals surface area contributed by atoms with Crippen LogP contribution >= 0.6 is 61.2 Å². The molecule has 1 aromatic carbocycles. The molecule has 1 fully saturated rings. The van der Waals surface area contributed by atoms with Crippen LogP contribution in [0.4, 0.5) is 5.95 Å². The molecule has 0 atom stereocenters. The minimum atomic E-state index is -0.167. The normalized spacial score (nSPS) is 13.4. The van der Waals surface area contributed by atoms with Crippen LogP contribution < -0.4 is 11.1 Å². The molecule has 5 N–H and O–H groups in total. The van der Waals surface area contributed by atoms with Gasteiger partial charge in [0.05, 0.1) is 17.6 Å². The first-order chi connectivity index (χ1) is 16.2. The quantitative estimate of drug-likeness (QED) is 0.289. The van der Waals surface area contributed by atoms with E-state index in [1.165, 1.54) is 0 Å². The fraction of sp³-hybridized carbons (Fsp3) is 0.520. The molecule has 13 heteroatoms. The maximum Gasteiger partial charge on any atom is 0.204 e. The van der Waals surface area contributed by atoms with Gasteiger partial charge in [-0.3, -0.25) is 4.98 Å². The largest absolute Gasteiger partial charge is 0.506 e. The zero-order valence-electron chi connectivity index (χ0n) is 22.2. The van der Waals surface area contributed by atoms with E-state index >= 15 is 0 Å². The predicted octanol–water partition coefficient (Wildman–Crippen LogP) is 5.36. The van der Waals surface area contributed by atoms with Crippen LogP contribution in [0.2, 0.25) is 5.02 Å². The van der Waals surface area contributed by atoms with Gasteiger partial charge in [-0.15, -0.1) is 49.6 Å². The van der Waals surface area contributed by atoms with Crippen molar-refractivity contribution in [1.29, 1.82) is 0 Å². The maximum absolute atomic E-state index is 10.3. The molecule has 0 radical (unpaired) electrons. The molecule has 2 aromatic heterocycles. The number of aromatic nitrogens is 3. The Hall–Kier alpha value is -1.23. The average Bonchev–Trinajstić information content (AvgIpc) is 3.09. The highest BCUT2D eigenvalue weighted by Gasteiger charge is 2.22. The maximum atomic E-state index is 10.3. The summed E-state index contributed by atoms with van der Waals surface area (Å²) in [5, 5.41) is 22.7. The van der Waals surface area contributed by atoms with E-state index in [1.807, 2.05) is 26.0 Å². The van der Waals surface area contributed by atoms with Crippen molar-refractivity contribution < 1.29 is 10.2 Å². The summed E-state index contributed by atoms with van der Waals surface area (Å²) in [5.74, 6) is 0.970. The Balaban J connectivity index is 0. The number of nitrogens with zero attached hydrogens (tertiary/aromatic N) is 4. The number of rotatable bonds is 6. The molecule has 1 aliphatic rings. The van der Waals surface area contributed by atoms with E-state index in [4.69, 9.17) is 27.4 Å². The number of anilines is 1. The topological polar surface area (TPSA) is 112 Å². The van der Waals surface area contributed by atoms with E-state index < -0.39 is 0 Å². The van der Waals surface area contributed by atoms with Gasteiger partial charge in [0.2, 0.25) is 5.95 Å². The van der Waals surface area contributed by atoms with Crippen molar-refractivity contribution in [3.63, 3.8) is 0 Å². The van der Waals surface area contributed by atoms with Crippen molar-refractivity contribution in [1.82, 2.24) is 19.4 Å². The monoisotopic (exact) mass is 632 g/mol. The van der Waals surface area contributed by atoms with E-state index in [0.717, 1.165) is 60.7 Å². The van der Waals surface area contributed by atoms with Gasteiger partial charge in [-0.05, 0) is 70.4 Å². The predicted molar refractivity (Wildman–Crippen MR) is 168 cm³/mol. The third-order valence-corrected chi connectivity index (χ3v) is 5.99. The summed E-state index contributed by atoms with van der Waals surface area (Å²) in [6, 6.07) is 7.69. The molecule has 0 spiro atoms. The second-order valence-corrected chi connectivity index (χ2v) is 9.61. The summed E-state index contributed by atoms with van der Waals surface area (Å²) in [7, 11) is 0. The zero-order valence-corrected chi connectivity index (χ0v) is 26.2. The molecular weight excluding hydrogens is 594 g/mol. The summed E-state index contributed by atoms with van der Waals surface area (Å²) >= 11 is 6.36. The molecule has 1 aliphatic heterocycles. The van der Waals surface area contributed by atoms with E-state index in [2.05, 4.69) is 19.8 Å². The summed E-state index contributed by atoms with van der Waals surface area (Å²) in [4.78, 5) is 11.8. The van der Waals surface area contributed by atoms with Gasteiger partial charge in [-0.1, -0.05) is 11.6 Å². The lowest BCUT2D eigenvalue weighted by molar-refractivity contribution is 0.216. The Morgan fingerprint density at radius 2 is 1.68 bits per heavy atom. The second kappa shape index (κ2) is 18.2. The second-order valence-electron chi connectivity index (χ2n) is 9.17. The van der Waals surface area contributed by atoms with E-state index in [1.54, 1.807) is 26.0 Å². The Kier molecular flexibility index (Phi) is 18.6. The van der Waals surface area contributed by atoms with Crippen LogP contribution in [0.25, 0.3) is 11.0 Å². The first-order valence-electron chi connectivity index (χ1n) is 11.9. The van der Waals surface area contributed by atoms with Crippen LogP contribution in [0.15, 0.2) is 24.3 Å². The molecule has 0 bridgehead atoms. The first kappa shape index (κ1) is 38.9. The SMILES string of the molecule is CC(C)O.Cc1ccc(O)c(Cn2c(NC3CCN(CCN)CC3)nc3c(C)cc(Cl)cc32)n1.Cl.Cl.Cl.Cl. The highest BCUT2D eigenvalue weighted by Crippen LogP contribution is 2.29. The fourth-order valence-corrected chi connectivity index (χ4v) is 4.42. The number of piperidine rings is 1. The smallest absolute Gasteiger partial charge is 0.204 e. The van der Waals surface area contributed by atoms with Crippen molar-refractivity contribution >= 4 is 78.2 Å². The van der Waals surface area contributed by atoms with Crippen molar-refractivity contribution in [2.24, 2.45) is 5.73 Å². The van der Waals surface area contributed by atoms with Gasteiger partial charge in [0, 0.05) is 49.0 Å². The van der Waals surface area contributed by atoms with Crippen molar-refractivity contribution in [2.75, 3.05) is 31.5 Å². The minimum Gasteiger partial charge on any atom is -0.506 e. The standard InChI is InChI=1S/C22H29ClN6O.C3H8O.4ClH/c1-14-11-16(23)12-19-21(14)27-22(26-17-5-8-28(9-6-17)10-7-24)29(19)13-18-20(30)4-3-15(2)25-18;1-3(2)4;;;;/h3-4,11-12,17,30H,5-10,13,24H2,1-2H3,(H,26,27);3-4H,1-2H3;4*1H. The van der Waals surface area contributed by atoms with Gasteiger partial charge in [0.1, 0.15) is 11.4 Å². The lowest BCUT2D eigenvalue weighted by Crippen LogP contribution is -2.41.